The SMILES string of the molecule is CCC(C)NC(=O)C(C)N(Cc1ccc(Cl)cc1)C(=O)CN(c1cccc(Cl)c1Cl)S(C)(=O)=O. The molecule has 2 aromatic rings. The van der Waals surface area contributed by atoms with E-state index in [0.29, 0.717) is 5.02 Å². The minimum atomic E-state index is -3.91. The van der Waals surface area contributed by atoms with Gasteiger partial charge in [-0.1, -0.05) is 59.9 Å². The maximum Gasteiger partial charge on any atom is 0.244 e. The minimum Gasteiger partial charge on any atom is -0.352 e. The van der Waals surface area contributed by atoms with E-state index in [-0.39, 0.29) is 34.2 Å². The quantitative estimate of drug-likeness (QED) is 0.464. The van der Waals surface area contributed by atoms with Crippen molar-refractivity contribution in [2.45, 2.75) is 45.8 Å². The number of amides is 2. The summed E-state index contributed by atoms with van der Waals surface area (Å²) in [6.45, 7) is 4.91. The Hall–Kier alpha value is -2.00. The van der Waals surface area contributed by atoms with E-state index in [1.54, 1.807) is 37.3 Å². The van der Waals surface area contributed by atoms with E-state index in [0.717, 1.165) is 22.5 Å². The van der Waals surface area contributed by atoms with Gasteiger partial charge < -0.3 is 10.2 Å². The van der Waals surface area contributed by atoms with Crippen LogP contribution in [0.4, 0.5) is 5.69 Å². The van der Waals surface area contributed by atoms with E-state index in [9.17, 15) is 18.0 Å². The molecule has 1 N–H and O–H groups in total. The molecule has 2 aromatic carbocycles. The van der Waals surface area contributed by atoms with Crippen LogP contribution in [0.2, 0.25) is 15.1 Å². The van der Waals surface area contributed by atoms with Gasteiger partial charge in [-0.3, -0.25) is 13.9 Å². The number of rotatable bonds is 10. The molecule has 0 saturated heterocycles. The van der Waals surface area contributed by atoms with Gasteiger partial charge in [0.05, 0.1) is 22.0 Å². The van der Waals surface area contributed by atoms with Crippen molar-refractivity contribution in [3.63, 3.8) is 0 Å². The molecule has 0 spiro atoms. The number of anilines is 1. The topological polar surface area (TPSA) is 86.8 Å². The Balaban J connectivity index is 2.42. The highest BCUT2D eigenvalue weighted by atomic mass is 35.5. The molecule has 0 radical (unpaired) electrons. The normalized spacial score (nSPS) is 13.1. The molecule has 0 aliphatic heterocycles. The van der Waals surface area contributed by atoms with Gasteiger partial charge in [-0.05, 0) is 50.1 Å². The molecule has 0 fully saturated rings. The van der Waals surface area contributed by atoms with Crippen molar-refractivity contribution in [3.05, 3.63) is 63.1 Å². The molecule has 2 rings (SSSR count). The third-order valence-electron chi connectivity index (χ3n) is 5.31. The predicted octanol–water partition coefficient (Wildman–Crippen LogP) is 4.74. The van der Waals surface area contributed by atoms with Gasteiger partial charge >= 0.3 is 0 Å². The lowest BCUT2D eigenvalue weighted by Gasteiger charge is -2.32. The lowest BCUT2D eigenvalue weighted by molar-refractivity contribution is -0.139. The van der Waals surface area contributed by atoms with E-state index >= 15 is 0 Å². The predicted molar refractivity (Wildman–Crippen MR) is 138 cm³/mol. The van der Waals surface area contributed by atoms with Gasteiger partial charge in [0.25, 0.3) is 0 Å². The van der Waals surface area contributed by atoms with Gasteiger partial charge in [0.2, 0.25) is 21.8 Å². The number of nitrogens with one attached hydrogen (secondary N) is 1. The molecule has 2 unspecified atom stereocenters. The van der Waals surface area contributed by atoms with E-state index in [1.807, 2.05) is 13.8 Å². The zero-order valence-corrected chi connectivity index (χ0v) is 22.5. The highest BCUT2D eigenvalue weighted by Crippen LogP contribution is 2.33. The van der Waals surface area contributed by atoms with Gasteiger partial charge in [-0.25, -0.2) is 8.42 Å². The van der Waals surface area contributed by atoms with Crippen LogP contribution in [0.15, 0.2) is 42.5 Å². The third kappa shape index (κ3) is 7.50. The van der Waals surface area contributed by atoms with Crippen molar-refractivity contribution in [3.8, 4) is 0 Å². The Kier molecular flexibility index (Phi) is 10.1. The molecule has 0 bridgehead atoms. The fourth-order valence-corrected chi connectivity index (χ4v) is 4.54. The van der Waals surface area contributed by atoms with E-state index < -0.39 is 28.5 Å². The van der Waals surface area contributed by atoms with E-state index in [4.69, 9.17) is 34.8 Å². The summed E-state index contributed by atoms with van der Waals surface area (Å²) in [6, 6.07) is 10.4. The van der Waals surface area contributed by atoms with Gasteiger partial charge in [-0.2, -0.15) is 0 Å². The average molecular weight is 549 g/mol. The molecule has 2 atom stereocenters. The van der Waals surface area contributed by atoms with Crippen molar-refractivity contribution in [2.24, 2.45) is 0 Å². The molecule has 7 nitrogen and oxygen atoms in total. The van der Waals surface area contributed by atoms with Crippen LogP contribution in [-0.4, -0.2) is 50.0 Å². The summed E-state index contributed by atoms with van der Waals surface area (Å²) < 4.78 is 26.1. The van der Waals surface area contributed by atoms with E-state index in [2.05, 4.69) is 5.32 Å². The van der Waals surface area contributed by atoms with Crippen molar-refractivity contribution in [1.29, 1.82) is 0 Å². The summed E-state index contributed by atoms with van der Waals surface area (Å²) in [5, 5.41) is 3.56. The van der Waals surface area contributed by atoms with Crippen LogP contribution in [0.1, 0.15) is 32.8 Å². The first-order valence-corrected chi connectivity index (χ1v) is 13.6. The second-order valence-corrected chi connectivity index (χ2v) is 11.1. The summed E-state index contributed by atoms with van der Waals surface area (Å²) in [5.41, 5.74) is 0.806. The van der Waals surface area contributed by atoms with Gasteiger partial charge in [-0.15, -0.1) is 0 Å². The fraction of sp³-hybridized carbons (Fsp3) is 0.391. The minimum absolute atomic E-state index is 0.00852. The summed E-state index contributed by atoms with van der Waals surface area (Å²) in [4.78, 5) is 27.7. The Morgan fingerprint density at radius 1 is 1.03 bits per heavy atom. The number of nitrogens with zero attached hydrogens (tertiary/aromatic N) is 2. The number of hydrogen-bond donors (Lipinski definition) is 1. The number of sulfonamides is 1. The summed E-state index contributed by atoms with van der Waals surface area (Å²) in [7, 11) is -3.91. The van der Waals surface area contributed by atoms with Crippen LogP contribution in [0.5, 0.6) is 0 Å². The second kappa shape index (κ2) is 12.1. The first kappa shape index (κ1) is 28.2. The molecular formula is C23H28Cl3N3O4S. The fourth-order valence-electron chi connectivity index (χ4n) is 3.11. The monoisotopic (exact) mass is 547 g/mol. The highest BCUT2D eigenvalue weighted by molar-refractivity contribution is 7.92. The van der Waals surface area contributed by atoms with Crippen LogP contribution >= 0.6 is 34.8 Å². The molecular weight excluding hydrogens is 521 g/mol. The second-order valence-electron chi connectivity index (χ2n) is 7.98. The first-order valence-electron chi connectivity index (χ1n) is 10.6. The number of carbonyl (C=O) groups excluding carboxylic acids is 2. The highest BCUT2D eigenvalue weighted by Gasteiger charge is 2.31. The number of hydrogen-bond acceptors (Lipinski definition) is 4. The van der Waals surface area contributed by atoms with Crippen LogP contribution in [0.3, 0.4) is 0 Å². The molecule has 2 amide bonds. The van der Waals surface area contributed by atoms with Crippen LogP contribution in [-0.2, 0) is 26.2 Å². The maximum absolute atomic E-state index is 13.5. The maximum atomic E-state index is 13.5. The van der Waals surface area contributed by atoms with Gasteiger partial charge in [0.1, 0.15) is 12.6 Å². The Morgan fingerprint density at radius 2 is 1.65 bits per heavy atom. The zero-order chi connectivity index (χ0) is 25.6. The van der Waals surface area contributed by atoms with E-state index in [1.165, 1.54) is 17.0 Å². The summed E-state index contributed by atoms with van der Waals surface area (Å²) in [5.74, 6) is -0.924. The molecule has 11 heteroatoms. The molecule has 0 aliphatic carbocycles. The van der Waals surface area contributed by atoms with Crippen molar-refractivity contribution >= 4 is 62.3 Å². The lowest BCUT2D eigenvalue weighted by Crippen LogP contribution is -2.52. The summed E-state index contributed by atoms with van der Waals surface area (Å²) in [6.07, 6.45) is 1.69. The largest absolute Gasteiger partial charge is 0.352 e. The molecule has 186 valence electrons. The molecule has 34 heavy (non-hydrogen) atoms. The Morgan fingerprint density at radius 3 is 2.21 bits per heavy atom. The number of halogens is 3. The summed E-state index contributed by atoms with van der Waals surface area (Å²) >= 11 is 18.3. The third-order valence-corrected chi connectivity index (χ3v) is 7.50. The number of carbonyl (C=O) groups is 2. The van der Waals surface area contributed by atoms with Crippen molar-refractivity contribution in [2.75, 3.05) is 17.1 Å². The van der Waals surface area contributed by atoms with Crippen LogP contribution < -0.4 is 9.62 Å². The van der Waals surface area contributed by atoms with Crippen molar-refractivity contribution < 1.29 is 18.0 Å². The lowest BCUT2D eigenvalue weighted by atomic mass is 10.1. The Bertz CT molecular complexity index is 1130. The zero-order valence-electron chi connectivity index (χ0n) is 19.4. The standard InChI is InChI=1S/C23H28Cl3N3O4S/c1-5-15(2)27-23(31)16(3)28(13-17-9-11-18(24)12-10-17)21(30)14-29(34(4,32)33)20-8-6-7-19(25)22(20)26/h6-12,15-16H,5,13-14H2,1-4H3,(H,27,31). The molecule has 0 aliphatic rings. The van der Waals surface area contributed by atoms with Crippen molar-refractivity contribution in [1.82, 2.24) is 10.2 Å². The Labute approximate surface area is 216 Å². The first-order chi connectivity index (χ1) is 15.8. The van der Waals surface area contributed by atoms with Crippen LogP contribution in [0.25, 0.3) is 0 Å². The molecule has 0 heterocycles. The molecule has 0 saturated carbocycles. The smallest absolute Gasteiger partial charge is 0.244 e. The number of benzene rings is 2. The van der Waals surface area contributed by atoms with Crippen LogP contribution in [0, 0.1) is 0 Å². The van der Waals surface area contributed by atoms with Gasteiger partial charge in [0.15, 0.2) is 0 Å². The molecule has 0 aromatic heterocycles. The van der Waals surface area contributed by atoms with Gasteiger partial charge in [0, 0.05) is 17.6 Å². The average Bonchev–Trinajstić information content (AvgIpc) is 2.77.